The van der Waals surface area contributed by atoms with Crippen molar-refractivity contribution in [3.63, 3.8) is 0 Å². The van der Waals surface area contributed by atoms with E-state index in [-0.39, 0.29) is 36.0 Å². The van der Waals surface area contributed by atoms with Crippen LogP contribution in [-0.4, -0.2) is 42.3 Å². The standard InChI is InChI=1S/C20H27N3O3/c1-13(2)15-4-3-5-17(10-15)23-12-16(11-18(23)24)20(26)22-8-6-14(7-9-22)19(21)25/h3-5,10,13-14,16H,6-9,11-12H2,1-2H3,(H2,21,25)/t16-/m1/s1. The number of nitrogens with zero attached hydrogens (tertiary/aromatic N) is 2. The molecule has 0 spiro atoms. The quantitative estimate of drug-likeness (QED) is 0.893. The zero-order valence-corrected chi connectivity index (χ0v) is 15.5. The van der Waals surface area contributed by atoms with Gasteiger partial charge in [0.1, 0.15) is 0 Å². The highest BCUT2D eigenvalue weighted by Gasteiger charge is 2.38. The van der Waals surface area contributed by atoms with E-state index in [1.165, 1.54) is 5.56 Å². The molecular formula is C20H27N3O3. The molecule has 2 fully saturated rings. The van der Waals surface area contributed by atoms with Crippen molar-refractivity contribution in [1.29, 1.82) is 0 Å². The molecule has 3 amide bonds. The number of nitrogens with two attached hydrogens (primary N) is 1. The van der Waals surface area contributed by atoms with Gasteiger partial charge in [0.15, 0.2) is 0 Å². The van der Waals surface area contributed by atoms with Gasteiger partial charge in [-0.3, -0.25) is 14.4 Å². The largest absolute Gasteiger partial charge is 0.369 e. The van der Waals surface area contributed by atoms with Gasteiger partial charge in [-0.05, 0) is 36.5 Å². The number of carbonyl (C=O) groups is 3. The lowest BCUT2D eigenvalue weighted by Crippen LogP contribution is -2.44. The SMILES string of the molecule is CC(C)c1cccc(N2C[C@H](C(=O)N3CCC(C(N)=O)CC3)CC2=O)c1. The summed E-state index contributed by atoms with van der Waals surface area (Å²) in [5.74, 6) is -0.337. The fourth-order valence-electron chi connectivity index (χ4n) is 3.82. The van der Waals surface area contributed by atoms with Crippen LogP contribution in [0.4, 0.5) is 5.69 Å². The fraction of sp³-hybridized carbons (Fsp3) is 0.550. The molecule has 2 N–H and O–H groups in total. The second kappa shape index (κ2) is 7.48. The average Bonchev–Trinajstić information content (AvgIpc) is 3.03. The van der Waals surface area contributed by atoms with E-state index in [2.05, 4.69) is 19.9 Å². The minimum Gasteiger partial charge on any atom is -0.369 e. The molecule has 0 aromatic heterocycles. The van der Waals surface area contributed by atoms with Crippen LogP contribution in [0.5, 0.6) is 0 Å². The van der Waals surface area contributed by atoms with Gasteiger partial charge >= 0.3 is 0 Å². The second-order valence-corrected chi connectivity index (χ2v) is 7.66. The van der Waals surface area contributed by atoms with E-state index in [4.69, 9.17) is 5.73 Å². The molecule has 1 aromatic carbocycles. The molecule has 0 unspecified atom stereocenters. The predicted molar refractivity (Wildman–Crippen MR) is 99.5 cm³/mol. The molecule has 1 aromatic rings. The van der Waals surface area contributed by atoms with Crippen molar-refractivity contribution < 1.29 is 14.4 Å². The Morgan fingerprint density at radius 3 is 2.46 bits per heavy atom. The summed E-state index contributed by atoms with van der Waals surface area (Å²) in [6.45, 7) is 5.74. The Morgan fingerprint density at radius 2 is 1.85 bits per heavy atom. The number of hydrogen-bond donors (Lipinski definition) is 1. The molecule has 2 aliphatic heterocycles. The molecule has 6 heteroatoms. The topological polar surface area (TPSA) is 83.7 Å². The summed E-state index contributed by atoms with van der Waals surface area (Å²) in [7, 11) is 0. The van der Waals surface area contributed by atoms with Gasteiger partial charge in [0.05, 0.1) is 5.92 Å². The Kier molecular flexibility index (Phi) is 5.30. The fourth-order valence-corrected chi connectivity index (χ4v) is 3.82. The molecule has 2 aliphatic rings. The van der Waals surface area contributed by atoms with Crippen LogP contribution >= 0.6 is 0 Å². The first kappa shape index (κ1) is 18.4. The van der Waals surface area contributed by atoms with Crippen molar-refractivity contribution in [2.45, 2.75) is 39.0 Å². The molecule has 0 radical (unpaired) electrons. The van der Waals surface area contributed by atoms with Crippen molar-refractivity contribution in [3.05, 3.63) is 29.8 Å². The smallest absolute Gasteiger partial charge is 0.228 e. The molecule has 6 nitrogen and oxygen atoms in total. The van der Waals surface area contributed by atoms with Crippen LogP contribution in [0, 0.1) is 11.8 Å². The van der Waals surface area contributed by atoms with Crippen LogP contribution in [0.25, 0.3) is 0 Å². The molecule has 26 heavy (non-hydrogen) atoms. The van der Waals surface area contributed by atoms with Crippen molar-refractivity contribution in [1.82, 2.24) is 4.90 Å². The third-order valence-electron chi connectivity index (χ3n) is 5.53. The average molecular weight is 357 g/mol. The summed E-state index contributed by atoms with van der Waals surface area (Å²) in [6.07, 6.45) is 1.48. The minimum absolute atomic E-state index is 0.00345. The summed E-state index contributed by atoms with van der Waals surface area (Å²) >= 11 is 0. The molecule has 2 saturated heterocycles. The summed E-state index contributed by atoms with van der Waals surface area (Å²) in [5.41, 5.74) is 7.40. The molecular weight excluding hydrogens is 330 g/mol. The van der Waals surface area contributed by atoms with Crippen molar-refractivity contribution in [2.24, 2.45) is 17.6 Å². The van der Waals surface area contributed by atoms with Gasteiger partial charge in [0.2, 0.25) is 17.7 Å². The number of hydrogen-bond acceptors (Lipinski definition) is 3. The van der Waals surface area contributed by atoms with E-state index in [0.717, 1.165) is 5.69 Å². The van der Waals surface area contributed by atoms with Crippen molar-refractivity contribution in [3.8, 4) is 0 Å². The Bertz CT molecular complexity index is 708. The number of rotatable bonds is 4. The zero-order valence-electron chi connectivity index (χ0n) is 15.5. The Balaban J connectivity index is 1.65. The van der Waals surface area contributed by atoms with E-state index in [1.807, 2.05) is 18.2 Å². The molecule has 140 valence electrons. The maximum atomic E-state index is 12.8. The molecule has 0 aliphatic carbocycles. The normalized spacial score (nSPS) is 21.5. The number of likely N-dealkylation sites (tertiary alicyclic amines) is 1. The number of amides is 3. The van der Waals surface area contributed by atoms with Gasteiger partial charge in [-0.15, -0.1) is 0 Å². The van der Waals surface area contributed by atoms with Gasteiger partial charge < -0.3 is 15.5 Å². The van der Waals surface area contributed by atoms with Crippen molar-refractivity contribution >= 4 is 23.4 Å². The summed E-state index contributed by atoms with van der Waals surface area (Å²) < 4.78 is 0. The zero-order chi connectivity index (χ0) is 18.8. The van der Waals surface area contributed by atoms with Crippen molar-refractivity contribution in [2.75, 3.05) is 24.5 Å². The van der Waals surface area contributed by atoms with Crippen LogP contribution in [0.15, 0.2) is 24.3 Å². The molecule has 3 rings (SSSR count). The van der Waals surface area contributed by atoms with E-state index in [9.17, 15) is 14.4 Å². The predicted octanol–water partition coefficient (Wildman–Crippen LogP) is 1.89. The number of piperidine rings is 1. The lowest BCUT2D eigenvalue weighted by Gasteiger charge is -2.32. The van der Waals surface area contributed by atoms with E-state index < -0.39 is 0 Å². The lowest BCUT2D eigenvalue weighted by molar-refractivity contribution is -0.138. The summed E-state index contributed by atoms with van der Waals surface area (Å²) in [4.78, 5) is 40.1. The Morgan fingerprint density at radius 1 is 1.15 bits per heavy atom. The second-order valence-electron chi connectivity index (χ2n) is 7.66. The molecule has 1 atom stereocenters. The maximum Gasteiger partial charge on any atom is 0.228 e. The number of primary amides is 1. The van der Waals surface area contributed by atoms with E-state index in [0.29, 0.717) is 38.4 Å². The molecule has 2 heterocycles. The molecule has 0 saturated carbocycles. The highest BCUT2D eigenvalue weighted by molar-refractivity contribution is 6.00. The van der Waals surface area contributed by atoms with Gasteiger partial charge in [0, 0.05) is 37.7 Å². The van der Waals surface area contributed by atoms with Gasteiger partial charge in [0.25, 0.3) is 0 Å². The van der Waals surface area contributed by atoms with Gasteiger partial charge in [-0.25, -0.2) is 0 Å². The molecule has 0 bridgehead atoms. The highest BCUT2D eigenvalue weighted by Crippen LogP contribution is 2.29. The summed E-state index contributed by atoms with van der Waals surface area (Å²) in [5, 5.41) is 0. The lowest BCUT2D eigenvalue weighted by atomic mass is 9.95. The first-order chi connectivity index (χ1) is 12.4. The monoisotopic (exact) mass is 357 g/mol. The third-order valence-corrected chi connectivity index (χ3v) is 5.53. The number of carbonyl (C=O) groups excluding carboxylic acids is 3. The summed E-state index contributed by atoms with van der Waals surface area (Å²) in [6, 6.07) is 7.98. The number of anilines is 1. The first-order valence-corrected chi connectivity index (χ1v) is 9.35. The van der Waals surface area contributed by atoms with Gasteiger partial charge in [-0.2, -0.15) is 0 Å². The highest BCUT2D eigenvalue weighted by atomic mass is 16.2. The van der Waals surface area contributed by atoms with E-state index in [1.54, 1.807) is 9.80 Å². The first-order valence-electron chi connectivity index (χ1n) is 9.35. The maximum absolute atomic E-state index is 12.8. The Hall–Kier alpha value is -2.37. The van der Waals surface area contributed by atoms with Crippen LogP contribution < -0.4 is 10.6 Å². The van der Waals surface area contributed by atoms with E-state index >= 15 is 0 Å². The Labute approximate surface area is 154 Å². The van der Waals surface area contributed by atoms with Crippen LogP contribution in [-0.2, 0) is 14.4 Å². The van der Waals surface area contributed by atoms with Crippen LogP contribution in [0.2, 0.25) is 0 Å². The van der Waals surface area contributed by atoms with Crippen LogP contribution in [0.3, 0.4) is 0 Å². The minimum atomic E-state index is -0.310. The number of benzene rings is 1. The van der Waals surface area contributed by atoms with Gasteiger partial charge in [-0.1, -0.05) is 26.0 Å². The third kappa shape index (κ3) is 3.74. The van der Waals surface area contributed by atoms with Crippen LogP contribution in [0.1, 0.15) is 44.6 Å².